The minimum Gasteiger partial charge on any atom is -0.468 e. The van der Waals surface area contributed by atoms with Gasteiger partial charge in [0.15, 0.2) is 0 Å². The fourth-order valence-corrected chi connectivity index (χ4v) is 7.26. The minimum atomic E-state index is -0.533. The molecule has 9 nitrogen and oxygen atoms in total. The summed E-state index contributed by atoms with van der Waals surface area (Å²) in [5, 5.41) is 12.0. The number of esters is 1. The number of primary amides is 1. The van der Waals surface area contributed by atoms with Crippen molar-refractivity contribution >= 4 is 51.8 Å². The molecule has 0 radical (unpaired) electrons. The predicted octanol–water partition coefficient (Wildman–Crippen LogP) is 5.47. The van der Waals surface area contributed by atoms with Gasteiger partial charge in [-0.3, -0.25) is 14.4 Å². The summed E-state index contributed by atoms with van der Waals surface area (Å²) in [7, 11) is 1.30. The van der Waals surface area contributed by atoms with Crippen LogP contribution in [0, 0.1) is 17.2 Å². The maximum Gasteiger partial charge on any atom is 0.325 e. The number of methoxy groups -OCH3 is 1. The van der Waals surface area contributed by atoms with Crippen molar-refractivity contribution < 1.29 is 19.1 Å². The first-order chi connectivity index (χ1) is 22.7. The van der Waals surface area contributed by atoms with E-state index >= 15 is 0 Å². The van der Waals surface area contributed by atoms with Crippen molar-refractivity contribution in [3.63, 3.8) is 0 Å². The van der Waals surface area contributed by atoms with Crippen LogP contribution in [0.3, 0.4) is 0 Å². The number of fused-ring (bicyclic) bond motifs is 1. The van der Waals surface area contributed by atoms with Gasteiger partial charge in [-0.05, 0) is 105 Å². The molecule has 5 rings (SSSR count). The summed E-state index contributed by atoms with van der Waals surface area (Å²) in [6.07, 6.45) is 4.48. The van der Waals surface area contributed by atoms with Gasteiger partial charge in [0, 0.05) is 30.0 Å². The summed E-state index contributed by atoms with van der Waals surface area (Å²) < 4.78 is 5.00. The van der Waals surface area contributed by atoms with Crippen molar-refractivity contribution in [2.75, 3.05) is 52.9 Å². The average molecular weight is 679 g/mol. The molecule has 47 heavy (non-hydrogen) atoms. The topological polar surface area (TPSA) is 120 Å². The first-order valence-corrected chi connectivity index (χ1v) is 16.9. The van der Waals surface area contributed by atoms with Gasteiger partial charge in [-0.25, -0.2) is 0 Å². The lowest BCUT2D eigenvalue weighted by Gasteiger charge is -2.41. The molecule has 0 spiro atoms. The second-order valence-electron chi connectivity index (χ2n) is 12.6. The monoisotopic (exact) mass is 677 g/mol. The maximum atomic E-state index is 14.2. The zero-order valence-corrected chi connectivity index (χ0v) is 28.2. The van der Waals surface area contributed by atoms with Crippen LogP contribution >= 0.6 is 23.2 Å². The molecule has 11 heteroatoms. The van der Waals surface area contributed by atoms with Gasteiger partial charge in [0.05, 0.1) is 28.8 Å². The van der Waals surface area contributed by atoms with Crippen LogP contribution in [-0.2, 0) is 14.3 Å². The Hall–Kier alpha value is -3.68. The molecule has 2 amide bonds. The van der Waals surface area contributed by atoms with Crippen LogP contribution in [0.1, 0.15) is 59.5 Å². The van der Waals surface area contributed by atoms with Gasteiger partial charge < -0.3 is 25.2 Å². The minimum absolute atomic E-state index is 0.00992. The molecule has 2 saturated heterocycles. The highest BCUT2D eigenvalue weighted by Crippen LogP contribution is 2.31. The van der Waals surface area contributed by atoms with Crippen molar-refractivity contribution in [2.45, 2.75) is 44.1 Å². The van der Waals surface area contributed by atoms with Gasteiger partial charge in [-0.1, -0.05) is 53.5 Å². The van der Waals surface area contributed by atoms with Crippen molar-refractivity contribution in [3.05, 3.63) is 81.3 Å². The third-order valence-electron chi connectivity index (χ3n) is 9.71. The molecule has 0 saturated carbocycles. The second-order valence-corrected chi connectivity index (χ2v) is 13.4. The van der Waals surface area contributed by atoms with Crippen LogP contribution < -0.4 is 5.73 Å². The standard InChI is InChI=1S/C36H41Cl2N5O4/c1-47-34(44)23-43(36(46)31-19-24(21-39)18-27-4-2-3-5-30(27)31)22-28(26-6-7-32(37)33(38)20-26)8-13-41-14-11-29(12-15-41)42-16-9-25(10-17-42)35(40)45/h2-7,18-20,25,28-29H,8-17,22-23H2,1H3,(H2,40,45). The van der Waals surface area contributed by atoms with Crippen LogP contribution in [0.4, 0.5) is 0 Å². The number of piperidine rings is 2. The molecule has 2 fully saturated rings. The summed E-state index contributed by atoms with van der Waals surface area (Å²) in [5.74, 6) is -1.24. The van der Waals surface area contributed by atoms with E-state index in [0.29, 0.717) is 32.6 Å². The van der Waals surface area contributed by atoms with Crippen LogP contribution in [-0.4, -0.2) is 91.4 Å². The van der Waals surface area contributed by atoms with Gasteiger partial charge in [-0.15, -0.1) is 0 Å². The number of carbonyl (C=O) groups is 3. The molecule has 2 heterocycles. The number of hydrogen-bond donors (Lipinski definition) is 1. The highest BCUT2D eigenvalue weighted by Gasteiger charge is 2.31. The number of carbonyl (C=O) groups excluding carboxylic acids is 3. The van der Waals surface area contributed by atoms with Gasteiger partial charge >= 0.3 is 5.97 Å². The molecule has 2 aliphatic heterocycles. The number of likely N-dealkylation sites (tertiary alicyclic amines) is 2. The largest absolute Gasteiger partial charge is 0.468 e. The Morgan fingerprint density at radius 1 is 1.00 bits per heavy atom. The number of halogens is 2. The number of nitrogens with two attached hydrogens (primary N) is 1. The van der Waals surface area contributed by atoms with Gasteiger partial charge in [0.1, 0.15) is 6.54 Å². The Balaban J connectivity index is 1.33. The normalized spacial score (nSPS) is 17.2. The molecular weight excluding hydrogens is 637 g/mol. The molecule has 0 aromatic heterocycles. The molecule has 2 aliphatic rings. The number of ether oxygens (including phenoxy) is 1. The van der Waals surface area contributed by atoms with E-state index in [1.165, 1.54) is 12.0 Å². The van der Waals surface area contributed by atoms with Crippen LogP contribution in [0.25, 0.3) is 10.8 Å². The van der Waals surface area contributed by atoms with Crippen molar-refractivity contribution in [1.29, 1.82) is 5.26 Å². The zero-order valence-electron chi connectivity index (χ0n) is 26.7. The van der Waals surface area contributed by atoms with Crippen LogP contribution in [0.5, 0.6) is 0 Å². The lowest BCUT2D eigenvalue weighted by Crippen LogP contribution is -2.49. The fraction of sp³-hybridized carbons (Fsp3) is 0.444. The Morgan fingerprint density at radius 2 is 1.72 bits per heavy atom. The number of nitriles is 1. The van der Waals surface area contributed by atoms with E-state index in [1.807, 2.05) is 36.4 Å². The maximum absolute atomic E-state index is 14.2. The van der Waals surface area contributed by atoms with E-state index in [2.05, 4.69) is 15.9 Å². The smallest absolute Gasteiger partial charge is 0.325 e. The highest BCUT2D eigenvalue weighted by atomic mass is 35.5. The van der Waals surface area contributed by atoms with E-state index < -0.39 is 5.97 Å². The summed E-state index contributed by atoms with van der Waals surface area (Å²) in [5.41, 5.74) is 7.18. The SMILES string of the molecule is COC(=O)CN(CC(CCN1CCC(N2CCC(C(N)=O)CC2)CC1)c1ccc(Cl)c(Cl)c1)C(=O)c1cc(C#N)cc2ccccc12. The van der Waals surface area contributed by atoms with E-state index in [4.69, 9.17) is 33.7 Å². The number of benzene rings is 3. The summed E-state index contributed by atoms with van der Waals surface area (Å²) in [4.78, 5) is 44.9. The number of rotatable bonds is 11. The summed E-state index contributed by atoms with van der Waals surface area (Å²) >= 11 is 12.7. The van der Waals surface area contributed by atoms with E-state index in [0.717, 1.165) is 75.8 Å². The van der Waals surface area contributed by atoms with E-state index in [1.54, 1.807) is 18.2 Å². The van der Waals surface area contributed by atoms with Crippen LogP contribution in [0.15, 0.2) is 54.6 Å². The van der Waals surface area contributed by atoms with E-state index in [9.17, 15) is 19.6 Å². The van der Waals surface area contributed by atoms with Gasteiger partial charge in [-0.2, -0.15) is 5.26 Å². The molecule has 2 N–H and O–H groups in total. The third kappa shape index (κ3) is 8.62. The van der Waals surface area contributed by atoms with Gasteiger partial charge in [0.25, 0.3) is 5.91 Å². The summed E-state index contributed by atoms with van der Waals surface area (Å²) in [6.45, 7) is 4.52. The lowest BCUT2D eigenvalue weighted by molar-refractivity contribution is -0.141. The first kappa shape index (κ1) is 34.6. The molecule has 3 aromatic rings. The quantitative estimate of drug-likeness (QED) is 0.267. The fourth-order valence-electron chi connectivity index (χ4n) is 6.95. The summed E-state index contributed by atoms with van der Waals surface area (Å²) in [6, 6.07) is 18.9. The Labute approximate surface area is 286 Å². The molecule has 1 unspecified atom stereocenters. The molecule has 248 valence electrons. The highest BCUT2D eigenvalue weighted by molar-refractivity contribution is 6.42. The molecule has 3 aromatic carbocycles. The number of amides is 2. The van der Waals surface area contributed by atoms with Crippen molar-refractivity contribution in [3.8, 4) is 6.07 Å². The Bertz CT molecular complexity index is 1640. The third-order valence-corrected chi connectivity index (χ3v) is 10.5. The predicted molar refractivity (Wildman–Crippen MR) is 183 cm³/mol. The van der Waals surface area contributed by atoms with Gasteiger partial charge in [0.2, 0.25) is 5.91 Å². The molecule has 0 bridgehead atoms. The second kappa shape index (κ2) is 15.9. The lowest BCUT2D eigenvalue weighted by atomic mass is 9.92. The molecule has 0 aliphatic carbocycles. The van der Waals surface area contributed by atoms with Crippen LogP contribution in [0.2, 0.25) is 10.0 Å². The Morgan fingerprint density at radius 3 is 2.38 bits per heavy atom. The number of hydrogen-bond acceptors (Lipinski definition) is 7. The average Bonchev–Trinajstić information content (AvgIpc) is 3.10. The Kier molecular flexibility index (Phi) is 11.8. The van der Waals surface area contributed by atoms with Crippen molar-refractivity contribution in [2.24, 2.45) is 11.7 Å². The van der Waals surface area contributed by atoms with E-state index in [-0.39, 0.29) is 36.7 Å². The first-order valence-electron chi connectivity index (χ1n) is 16.2. The molecular formula is C36H41Cl2N5O4. The molecule has 1 atom stereocenters. The van der Waals surface area contributed by atoms with Crippen molar-refractivity contribution in [1.82, 2.24) is 14.7 Å². The number of nitrogens with zero attached hydrogens (tertiary/aromatic N) is 4. The zero-order chi connectivity index (χ0) is 33.5.